The van der Waals surface area contributed by atoms with Gasteiger partial charge in [-0.25, -0.2) is 4.68 Å². The fourth-order valence-electron chi connectivity index (χ4n) is 4.15. The molecule has 2 atom stereocenters. The summed E-state index contributed by atoms with van der Waals surface area (Å²) >= 11 is 0. The van der Waals surface area contributed by atoms with Crippen LogP contribution in [0.1, 0.15) is 35.0 Å². The van der Waals surface area contributed by atoms with Gasteiger partial charge in [0.2, 0.25) is 5.88 Å². The summed E-state index contributed by atoms with van der Waals surface area (Å²) in [7, 11) is 1.64. The third-order valence-electron chi connectivity index (χ3n) is 6.21. The van der Waals surface area contributed by atoms with E-state index in [2.05, 4.69) is 33.6 Å². The lowest BCUT2D eigenvalue weighted by atomic mass is 10.1. The first-order valence-corrected chi connectivity index (χ1v) is 11.2. The lowest BCUT2D eigenvalue weighted by Gasteiger charge is -2.12. The molecule has 7 nitrogen and oxygen atoms in total. The zero-order valence-electron chi connectivity index (χ0n) is 19.1. The molecule has 0 spiro atoms. The smallest absolute Gasteiger partial charge is 0.290 e. The molecule has 1 aliphatic rings. The first kappa shape index (κ1) is 21.1. The Hall–Kier alpha value is -3.74. The van der Waals surface area contributed by atoms with Crippen molar-refractivity contribution in [3.63, 3.8) is 0 Å². The number of nitrogens with zero attached hydrogens (tertiary/aromatic N) is 4. The van der Waals surface area contributed by atoms with E-state index in [0.29, 0.717) is 36.6 Å². The van der Waals surface area contributed by atoms with E-state index in [1.165, 1.54) is 4.68 Å². The maximum absolute atomic E-state index is 12.5. The predicted octanol–water partition coefficient (Wildman–Crippen LogP) is 4.13. The van der Waals surface area contributed by atoms with Crippen LogP contribution in [-0.4, -0.2) is 26.4 Å². The molecule has 1 fully saturated rings. The minimum absolute atomic E-state index is 0.190. The number of nitrogens with one attached hydrogen (secondary N) is 1. The second-order valence-corrected chi connectivity index (χ2v) is 8.72. The van der Waals surface area contributed by atoms with Gasteiger partial charge in [0.1, 0.15) is 5.69 Å². The molecule has 0 radical (unpaired) electrons. The van der Waals surface area contributed by atoms with Gasteiger partial charge in [-0.1, -0.05) is 30.3 Å². The summed E-state index contributed by atoms with van der Waals surface area (Å²) < 4.78 is 7.30. The van der Waals surface area contributed by atoms with Crippen LogP contribution in [-0.2, 0) is 13.6 Å². The van der Waals surface area contributed by atoms with Crippen LogP contribution in [0.2, 0.25) is 0 Å². The number of aryl methyl sites for hydroxylation is 3. The molecule has 168 valence electrons. The number of pyridine rings is 2. The summed E-state index contributed by atoms with van der Waals surface area (Å²) in [6.45, 7) is 4.99. The Balaban J connectivity index is 1.23. The highest BCUT2D eigenvalue weighted by Crippen LogP contribution is 2.47. The topological polar surface area (TPSA) is 81.9 Å². The van der Waals surface area contributed by atoms with Gasteiger partial charge in [-0.15, -0.1) is 5.10 Å². The molecule has 1 aliphatic carbocycles. The standard InChI is InChI=1S/C26H27N5O2/c1-16-8-9-19(17(2)28-16)14-27-24-13-25(30-31(3)26(24)32)33-15-20-12-21(20)23-11-10-18-6-4-5-7-22(18)29-23/h4-11,13,20-21,27H,12,14-15H2,1-3H3/t20-,21+/m1/s1. The van der Waals surface area contributed by atoms with Crippen molar-refractivity contribution in [3.05, 3.63) is 87.6 Å². The highest BCUT2D eigenvalue weighted by molar-refractivity contribution is 5.78. The number of ether oxygens (including phenoxy) is 1. The Bertz CT molecular complexity index is 1380. The van der Waals surface area contributed by atoms with Crippen molar-refractivity contribution >= 4 is 16.6 Å². The Labute approximate surface area is 192 Å². The number of rotatable bonds is 7. The molecule has 0 saturated heterocycles. The van der Waals surface area contributed by atoms with Gasteiger partial charge in [-0.3, -0.25) is 14.8 Å². The number of hydrogen-bond donors (Lipinski definition) is 1. The van der Waals surface area contributed by atoms with Crippen LogP contribution in [0.25, 0.3) is 10.9 Å². The Morgan fingerprint density at radius 2 is 1.94 bits per heavy atom. The molecule has 3 aromatic heterocycles. The summed E-state index contributed by atoms with van der Waals surface area (Å²) in [5, 5.41) is 8.65. The van der Waals surface area contributed by atoms with Gasteiger partial charge in [-0.2, -0.15) is 0 Å². The SMILES string of the molecule is Cc1ccc(CNc2cc(OC[C@H]3C[C@@H]3c3ccc4ccccc4n3)nn(C)c2=O)c(C)n1. The summed E-state index contributed by atoms with van der Waals surface area (Å²) in [5.74, 6) is 1.24. The van der Waals surface area contributed by atoms with E-state index in [0.717, 1.165) is 40.0 Å². The van der Waals surface area contributed by atoms with Gasteiger partial charge < -0.3 is 10.1 Å². The zero-order valence-corrected chi connectivity index (χ0v) is 19.1. The molecule has 5 rings (SSSR count). The van der Waals surface area contributed by atoms with Crippen molar-refractivity contribution in [3.8, 4) is 5.88 Å². The third-order valence-corrected chi connectivity index (χ3v) is 6.21. The summed E-state index contributed by atoms with van der Waals surface area (Å²) in [5.41, 5.74) is 5.38. The Morgan fingerprint density at radius 3 is 2.79 bits per heavy atom. The quantitative estimate of drug-likeness (QED) is 0.464. The molecule has 1 aromatic carbocycles. The monoisotopic (exact) mass is 441 g/mol. The Morgan fingerprint density at radius 1 is 1.09 bits per heavy atom. The molecule has 0 amide bonds. The van der Waals surface area contributed by atoms with Crippen LogP contribution in [0, 0.1) is 19.8 Å². The maximum Gasteiger partial charge on any atom is 0.290 e. The average Bonchev–Trinajstić information content (AvgIpc) is 3.59. The van der Waals surface area contributed by atoms with E-state index < -0.39 is 0 Å². The number of para-hydroxylation sites is 1. The molecule has 4 aromatic rings. The normalized spacial score (nSPS) is 17.2. The molecule has 1 N–H and O–H groups in total. The van der Waals surface area contributed by atoms with Crippen molar-refractivity contribution in [2.45, 2.75) is 32.7 Å². The predicted molar refractivity (Wildman–Crippen MR) is 129 cm³/mol. The second-order valence-electron chi connectivity index (χ2n) is 8.72. The summed E-state index contributed by atoms with van der Waals surface area (Å²) in [6, 6.07) is 18.1. The Kier molecular flexibility index (Phi) is 5.54. The largest absolute Gasteiger partial charge is 0.476 e. The van der Waals surface area contributed by atoms with Crippen molar-refractivity contribution in [1.82, 2.24) is 19.7 Å². The van der Waals surface area contributed by atoms with E-state index in [-0.39, 0.29) is 5.56 Å². The fourth-order valence-corrected chi connectivity index (χ4v) is 4.15. The second kappa shape index (κ2) is 8.65. The minimum atomic E-state index is -0.190. The molecule has 33 heavy (non-hydrogen) atoms. The van der Waals surface area contributed by atoms with Crippen LogP contribution < -0.4 is 15.6 Å². The van der Waals surface area contributed by atoms with Crippen molar-refractivity contribution < 1.29 is 4.74 Å². The van der Waals surface area contributed by atoms with E-state index in [1.807, 2.05) is 44.2 Å². The van der Waals surface area contributed by atoms with Gasteiger partial charge in [0.25, 0.3) is 5.56 Å². The van der Waals surface area contributed by atoms with Gasteiger partial charge in [0.15, 0.2) is 0 Å². The number of anilines is 1. The van der Waals surface area contributed by atoms with Crippen LogP contribution >= 0.6 is 0 Å². The first-order chi connectivity index (χ1) is 16.0. The molecule has 0 bridgehead atoms. The minimum Gasteiger partial charge on any atom is -0.476 e. The lowest BCUT2D eigenvalue weighted by Crippen LogP contribution is -2.24. The van der Waals surface area contributed by atoms with E-state index in [1.54, 1.807) is 13.1 Å². The van der Waals surface area contributed by atoms with Gasteiger partial charge >= 0.3 is 0 Å². The van der Waals surface area contributed by atoms with Crippen molar-refractivity contribution in [1.29, 1.82) is 0 Å². The highest BCUT2D eigenvalue weighted by Gasteiger charge is 2.40. The number of hydrogen-bond acceptors (Lipinski definition) is 6. The number of benzene rings is 1. The molecular weight excluding hydrogens is 414 g/mol. The summed E-state index contributed by atoms with van der Waals surface area (Å²) in [4.78, 5) is 21.8. The number of fused-ring (bicyclic) bond motifs is 1. The maximum atomic E-state index is 12.5. The molecule has 0 aliphatic heterocycles. The van der Waals surface area contributed by atoms with E-state index >= 15 is 0 Å². The van der Waals surface area contributed by atoms with Crippen LogP contribution in [0.4, 0.5) is 5.69 Å². The van der Waals surface area contributed by atoms with Crippen LogP contribution in [0.15, 0.2) is 59.4 Å². The van der Waals surface area contributed by atoms with E-state index in [4.69, 9.17) is 9.72 Å². The zero-order chi connectivity index (χ0) is 22.9. The van der Waals surface area contributed by atoms with Crippen LogP contribution in [0.3, 0.4) is 0 Å². The van der Waals surface area contributed by atoms with Gasteiger partial charge in [-0.05, 0) is 44.0 Å². The van der Waals surface area contributed by atoms with Crippen LogP contribution in [0.5, 0.6) is 5.88 Å². The molecule has 1 saturated carbocycles. The van der Waals surface area contributed by atoms with Crippen molar-refractivity contribution in [2.75, 3.05) is 11.9 Å². The number of aromatic nitrogens is 4. The molecule has 0 unspecified atom stereocenters. The van der Waals surface area contributed by atoms with Crippen molar-refractivity contribution in [2.24, 2.45) is 13.0 Å². The lowest BCUT2D eigenvalue weighted by molar-refractivity contribution is 0.278. The van der Waals surface area contributed by atoms with Gasteiger partial charge in [0, 0.05) is 54.0 Å². The molecule has 3 heterocycles. The van der Waals surface area contributed by atoms with Gasteiger partial charge in [0.05, 0.1) is 12.1 Å². The third kappa shape index (κ3) is 4.58. The fraction of sp³-hybridized carbons (Fsp3) is 0.308. The summed E-state index contributed by atoms with van der Waals surface area (Å²) in [6.07, 6.45) is 1.04. The molecular formula is C26H27N5O2. The first-order valence-electron chi connectivity index (χ1n) is 11.2. The average molecular weight is 442 g/mol. The van der Waals surface area contributed by atoms with E-state index in [9.17, 15) is 4.79 Å². The highest BCUT2D eigenvalue weighted by atomic mass is 16.5. The molecule has 7 heteroatoms.